The van der Waals surface area contributed by atoms with Crippen molar-refractivity contribution in [3.63, 3.8) is 0 Å². The van der Waals surface area contributed by atoms with Crippen molar-refractivity contribution < 1.29 is 28.2 Å². The molecule has 0 aromatic heterocycles. The zero-order valence-corrected chi connectivity index (χ0v) is 13.3. The van der Waals surface area contributed by atoms with Gasteiger partial charge in [-0.05, 0) is 23.6 Å². The molecule has 3 rings (SSSR count). The van der Waals surface area contributed by atoms with Crippen LogP contribution in [0.2, 0.25) is 0 Å². The number of anilines is 1. The number of phenolic OH excluding ortho intramolecular Hbond substituents is 1. The smallest absolute Gasteiger partial charge is 0.342 e. The molecule has 0 aliphatic heterocycles. The standard InChI is InChI=1S/C19H13F2NO4/c20-12-6-8-15(21)16(9-12)22-17(23)10-26-19(25)14-7-5-11-3-1-2-4-13(11)18(14)24/h1-9,24H,10H2,(H,22,23). The highest BCUT2D eigenvalue weighted by molar-refractivity contribution is 6.02. The van der Waals surface area contributed by atoms with E-state index in [1.165, 1.54) is 6.07 Å². The van der Waals surface area contributed by atoms with E-state index in [1.807, 2.05) is 0 Å². The number of ether oxygens (including phenoxy) is 1. The van der Waals surface area contributed by atoms with Gasteiger partial charge in [0.15, 0.2) is 6.61 Å². The number of hydrogen-bond acceptors (Lipinski definition) is 4. The first-order valence-corrected chi connectivity index (χ1v) is 7.58. The van der Waals surface area contributed by atoms with E-state index in [-0.39, 0.29) is 17.0 Å². The molecule has 2 N–H and O–H groups in total. The third-order valence-corrected chi connectivity index (χ3v) is 3.66. The molecule has 1 amide bonds. The SMILES string of the molecule is O=C(COC(=O)c1ccc2ccccc2c1O)Nc1cc(F)ccc1F. The second kappa shape index (κ2) is 7.18. The Bertz CT molecular complexity index is 1000. The van der Waals surface area contributed by atoms with E-state index in [0.717, 1.165) is 23.6 Å². The number of fused-ring (bicyclic) bond motifs is 1. The van der Waals surface area contributed by atoms with Crippen molar-refractivity contribution in [3.05, 3.63) is 71.8 Å². The highest BCUT2D eigenvalue weighted by Crippen LogP contribution is 2.29. The van der Waals surface area contributed by atoms with Gasteiger partial charge in [-0.3, -0.25) is 4.79 Å². The summed E-state index contributed by atoms with van der Waals surface area (Å²) in [6.45, 7) is -0.721. The Labute approximate surface area is 146 Å². The summed E-state index contributed by atoms with van der Waals surface area (Å²) >= 11 is 0. The molecular weight excluding hydrogens is 344 g/mol. The highest BCUT2D eigenvalue weighted by atomic mass is 19.1. The van der Waals surface area contributed by atoms with E-state index in [1.54, 1.807) is 30.3 Å². The maximum absolute atomic E-state index is 13.5. The Morgan fingerprint density at radius 2 is 1.81 bits per heavy atom. The Hall–Kier alpha value is -3.48. The van der Waals surface area contributed by atoms with Gasteiger partial charge in [0.25, 0.3) is 5.91 Å². The van der Waals surface area contributed by atoms with E-state index in [2.05, 4.69) is 5.32 Å². The average Bonchev–Trinajstić information content (AvgIpc) is 2.63. The first-order valence-electron chi connectivity index (χ1n) is 7.58. The number of carbonyl (C=O) groups is 2. The van der Waals surface area contributed by atoms with E-state index < -0.39 is 30.1 Å². The molecule has 5 nitrogen and oxygen atoms in total. The number of carbonyl (C=O) groups excluding carboxylic acids is 2. The molecule has 0 spiro atoms. The van der Waals surface area contributed by atoms with E-state index in [9.17, 15) is 23.5 Å². The van der Waals surface area contributed by atoms with Gasteiger partial charge in [0.1, 0.15) is 22.9 Å². The molecule has 0 fully saturated rings. The fraction of sp³-hybridized carbons (Fsp3) is 0.0526. The number of nitrogens with one attached hydrogen (secondary N) is 1. The lowest BCUT2D eigenvalue weighted by Crippen LogP contribution is -2.21. The molecule has 0 saturated carbocycles. The number of halogens is 2. The third kappa shape index (κ3) is 3.61. The summed E-state index contributed by atoms with van der Waals surface area (Å²) in [6.07, 6.45) is 0. The lowest BCUT2D eigenvalue weighted by molar-refractivity contribution is -0.119. The number of phenols is 1. The van der Waals surface area contributed by atoms with Gasteiger partial charge < -0.3 is 15.2 Å². The van der Waals surface area contributed by atoms with Crippen LogP contribution in [-0.2, 0) is 9.53 Å². The molecule has 3 aromatic rings. The van der Waals surface area contributed by atoms with Gasteiger partial charge in [0.2, 0.25) is 0 Å². The van der Waals surface area contributed by atoms with Gasteiger partial charge >= 0.3 is 5.97 Å². The number of aromatic hydroxyl groups is 1. The Balaban J connectivity index is 1.68. The second-order valence-electron chi connectivity index (χ2n) is 5.43. The Morgan fingerprint density at radius 3 is 2.62 bits per heavy atom. The van der Waals surface area contributed by atoms with Crippen LogP contribution in [0.5, 0.6) is 5.75 Å². The quantitative estimate of drug-likeness (QED) is 0.700. The zero-order chi connectivity index (χ0) is 18.7. The van der Waals surface area contributed by atoms with Gasteiger partial charge in [0.05, 0.1) is 5.69 Å². The van der Waals surface area contributed by atoms with Crippen LogP contribution < -0.4 is 5.32 Å². The summed E-state index contributed by atoms with van der Waals surface area (Å²) in [5.41, 5.74) is -0.465. The number of esters is 1. The Morgan fingerprint density at radius 1 is 1.04 bits per heavy atom. The van der Waals surface area contributed by atoms with Crippen LogP contribution in [0.3, 0.4) is 0 Å². The zero-order valence-electron chi connectivity index (χ0n) is 13.3. The minimum absolute atomic E-state index is 0.103. The molecule has 0 bridgehead atoms. The molecule has 0 unspecified atom stereocenters. The van der Waals surface area contributed by atoms with Gasteiger partial charge in [-0.1, -0.05) is 30.3 Å². The van der Waals surface area contributed by atoms with Gasteiger partial charge in [-0.2, -0.15) is 0 Å². The first kappa shape index (κ1) is 17.3. The van der Waals surface area contributed by atoms with Crippen molar-refractivity contribution in [1.82, 2.24) is 0 Å². The van der Waals surface area contributed by atoms with Crippen LogP contribution in [0.15, 0.2) is 54.6 Å². The number of benzene rings is 3. The summed E-state index contributed by atoms with van der Waals surface area (Å²) < 4.78 is 31.4. The van der Waals surface area contributed by atoms with Crippen molar-refractivity contribution in [3.8, 4) is 5.75 Å². The molecule has 0 aliphatic carbocycles. The largest absolute Gasteiger partial charge is 0.506 e. The topological polar surface area (TPSA) is 75.6 Å². The first-order chi connectivity index (χ1) is 12.5. The minimum Gasteiger partial charge on any atom is -0.506 e. The molecule has 132 valence electrons. The van der Waals surface area contributed by atoms with E-state index in [0.29, 0.717) is 5.39 Å². The van der Waals surface area contributed by atoms with Crippen molar-refractivity contribution in [2.24, 2.45) is 0 Å². The predicted molar refractivity (Wildman–Crippen MR) is 90.9 cm³/mol. The summed E-state index contributed by atoms with van der Waals surface area (Å²) in [5.74, 6) is -3.56. The molecule has 26 heavy (non-hydrogen) atoms. The fourth-order valence-electron chi connectivity index (χ4n) is 2.41. The maximum Gasteiger partial charge on any atom is 0.342 e. The minimum atomic E-state index is -0.914. The normalized spacial score (nSPS) is 10.5. The predicted octanol–water partition coefficient (Wildman–Crippen LogP) is 3.62. The number of rotatable bonds is 4. The lowest BCUT2D eigenvalue weighted by atomic mass is 10.1. The van der Waals surface area contributed by atoms with Crippen LogP contribution in [0.25, 0.3) is 10.8 Å². The van der Waals surface area contributed by atoms with E-state index in [4.69, 9.17) is 4.74 Å². The summed E-state index contributed by atoms with van der Waals surface area (Å²) in [4.78, 5) is 23.9. The number of amides is 1. The van der Waals surface area contributed by atoms with Gasteiger partial charge in [-0.25, -0.2) is 13.6 Å². The van der Waals surface area contributed by atoms with Crippen molar-refractivity contribution in [2.75, 3.05) is 11.9 Å². The molecule has 0 atom stereocenters. The maximum atomic E-state index is 13.5. The van der Waals surface area contributed by atoms with Crippen LogP contribution in [0.4, 0.5) is 14.5 Å². The molecule has 0 radical (unpaired) electrons. The van der Waals surface area contributed by atoms with Crippen molar-refractivity contribution in [2.45, 2.75) is 0 Å². The molecule has 3 aromatic carbocycles. The van der Waals surface area contributed by atoms with E-state index >= 15 is 0 Å². The summed E-state index contributed by atoms with van der Waals surface area (Å²) in [6, 6.07) is 12.5. The van der Waals surface area contributed by atoms with Crippen molar-refractivity contribution >= 4 is 28.3 Å². The second-order valence-corrected chi connectivity index (χ2v) is 5.43. The average molecular weight is 357 g/mol. The summed E-state index contributed by atoms with van der Waals surface area (Å²) in [7, 11) is 0. The Kier molecular flexibility index (Phi) is 4.79. The molecular formula is C19H13F2NO4. The van der Waals surface area contributed by atoms with Crippen LogP contribution in [-0.4, -0.2) is 23.6 Å². The van der Waals surface area contributed by atoms with Crippen molar-refractivity contribution in [1.29, 1.82) is 0 Å². The fourth-order valence-corrected chi connectivity index (χ4v) is 2.41. The monoisotopic (exact) mass is 357 g/mol. The highest BCUT2D eigenvalue weighted by Gasteiger charge is 2.17. The molecule has 7 heteroatoms. The number of hydrogen-bond donors (Lipinski definition) is 2. The molecule has 0 aliphatic rings. The van der Waals surface area contributed by atoms with Crippen LogP contribution in [0, 0.1) is 11.6 Å². The van der Waals surface area contributed by atoms with Gasteiger partial charge in [0, 0.05) is 11.5 Å². The third-order valence-electron chi connectivity index (χ3n) is 3.66. The summed E-state index contributed by atoms with van der Waals surface area (Å²) in [5, 5.41) is 13.5. The van der Waals surface area contributed by atoms with Gasteiger partial charge in [-0.15, -0.1) is 0 Å². The molecule has 0 heterocycles. The lowest BCUT2D eigenvalue weighted by Gasteiger charge is -2.09. The van der Waals surface area contributed by atoms with Crippen LogP contribution in [0.1, 0.15) is 10.4 Å². The van der Waals surface area contributed by atoms with Crippen LogP contribution >= 0.6 is 0 Å². The molecule has 0 saturated heterocycles.